The molecule has 0 saturated carbocycles. The zero-order valence-electron chi connectivity index (χ0n) is 12.2. The maximum absolute atomic E-state index is 13.6. The van der Waals surface area contributed by atoms with Crippen molar-refractivity contribution in [3.63, 3.8) is 0 Å². The molecule has 4 heteroatoms. The molecule has 0 radical (unpaired) electrons. The number of hydrogen-bond acceptors (Lipinski definition) is 0. The maximum Gasteiger partial charge on any atom is 0.601 e. The zero-order valence-corrected chi connectivity index (χ0v) is 13.0. The maximum atomic E-state index is 13.6. The lowest BCUT2D eigenvalue weighted by molar-refractivity contribution is -0.0864. The third-order valence-corrected chi connectivity index (χ3v) is 5.70. The van der Waals surface area contributed by atoms with Crippen LogP contribution in [0.15, 0.2) is 54.6 Å². The van der Waals surface area contributed by atoms with E-state index in [-0.39, 0.29) is 0 Å². The van der Waals surface area contributed by atoms with Gasteiger partial charge in [-0.3, -0.25) is 0 Å². The summed E-state index contributed by atoms with van der Waals surface area (Å²) in [6.45, 7) is 2.07. The number of aryl methyl sites for hydroxylation is 1. The Morgan fingerprint density at radius 2 is 1.68 bits per heavy atom. The molecule has 0 fully saturated rings. The molecule has 0 amide bonds. The molecular weight excluding hydrogens is 305 g/mol. The van der Waals surface area contributed by atoms with Gasteiger partial charge >= 0.3 is 5.51 Å². The molecule has 0 saturated heterocycles. The monoisotopic (exact) mass is 321 g/mol. The van der Waals surface area contributed by atoms with Crippen LogP contribution in [0.25, 0.3) is 20.5 Å². The first-order valence-corrected chi connectivity index (χ1v) is 8.44. The molecule has 1 atom stereocenters. The second kappa shape index (κ2) is 5.76. The molecule has 0 aliphatic rings. The topological polar surface area (TPSA) is 0 Å². The molecule has 0 nitrogen and oxygen atoms in total. The van der Waals surface area contributed by atoms with Gasteiger partial charge in [-0.1, -0.05) is 37.6 Å². The Kier molecular flexibility index (Phi) is 3.96. The molecule has 3 aromatic rings. The smallest absolute Gasteiger partial charge is 0.118 e. The largest absolute Gasteiger partial charge is 0.601 e. The van der Waals surface area contributed by atoms with Crippen molar-refractivity contribution in [2.75, 3.05) is 0 Å². The fourth-order valence-electron chi connectivity index (χ4n) is 2.71. The van der Waals surface area contributed by atoms with Gasteiger partial charge in [0, 0.05) is 17.0 Å². The van der Waals surface area contributed by atoms with Gasteiger partial charge in [0.15, 0.2) is 9.58 Å². The highest BCUT2D eigenvalue weighted by atomic mass is 32.2. The summed E-state index contributed by atoms with van der Waals surface area (Å²) in [5.74, 6) is 0. The number of thiophene rings is 1. The molecule has 114 valence electrons. The van der Waals surface area contributed by atoms with Crippen molar-refractivity contribution in [1.82, 2.24) is 0 Å². The van der Waals surface area contributed by atoms with Crippen molar-refractivity contribution in [3.8, 4) is 10.4 Å². The van der Waals surface area contributed by atoms with E-state index in [2.05, 4.69) is 6.92 Å². The van der Waals surface area contributed by atoms with Crippen molar-refractivity contribution in [3.05, 3.63) is 60.2 Å². The third-order valence-electron chi connectivity index (χ3n) is 3.63. The van der Waals surface area contributed by atoms with Gasteiger partial charge in [-0.2, -0.15) is 0 Å². The normalized spacial score (nSPS) is 12.8. The molecule has 0 aliphatic carbocycles. The summed E-state index contributed by atoms with van der Waals surface area (Å²) in [7, 11) is -1.86. The van der Waals surface area contributed by atoms with Crippen LogP contribution in [0.1, 0.15) is 18.9 Å². The fourth-order valence-corrected chi connectivity index (χ4v) is 4.62. The summed E-state index contributed by atoms with van der Waals surface area (Å²) in [6.07, 6.45) is 1.88. The van der Waals surface area contributed by atoms with Gasteiger partial charge in [0.25, 0.3) is 0 Å². The van der Waals surface area contributed by atoms with Crippen molar-refractivity contribution in [2.24, 2.45) is 0 Å². The number of rotatable bonds is 3. The first kappa shape index (κ1) is 15.1. The van der Waals surface area contributed by atoms with Gasteiger partial charge in [0.1, 0.15) is 10.5 Å². The standard InChI is InChI=1S/C18H16F3S/c1-2-6-13-9-10-16-15(11-13)12-17(22(16)18(19,20)21)14-7-4-3-5-8-14/h3-5,7-12H,2,6H2,1H3/q+1. The highest BCUT2D eigenvalue weighted by Gasteiger charge is 2.48. The Hall–Kier alpha value is -1.81. The van der Waals surface area contributed by atoms with E-state index in [0.29, 0.717) is 20.5 Å². The Morgan fingerprint density at radius 3 is 2.32 bits per heavy atom. The number of alkyl halides is 3. The summed E-state index contributed by atoms with van der Waals surface area (Å²) < 4.78 is 41.2. The van der Waals surface area contributed by atoms with Gasteiger partial charge in [0.2, 0.25) is 0 Å². The van der Waals surface area contributed by atoms with E-state index in [4.69, 9.17) is 0 Å². The van der Waals surface area contributed by atoms with E-state index in [1.54, 1.807) is 36.4 Å². The predicted molar refractivity (Wildman–Crippen MR) is 87.2 cm³/mol. The Balaban J connectivity index is 2.26. The molecule has 1 heterocycles. The highest BCUT2D eigenvalue weighted by molar-refractivity contribution is 7.41. The molecule has 0 aliphatic heterocycles. The molecule has 1 aromatic heterocycles. The van der Waals surface area contributed by atoms with Crippen molar-refractivity contribution < 1.29 is 13.2 Å². The van der Waals surface area contributed by atoms with Crippen LogP contribution in [0.2, 0.25) is 0 Å². The van der Waals surface area contributed by atoms with Crippen LogP contribution < -0.4 is 0 Å². The second-order valence-electron chi connectivity index (χ2n) is 5.25. The Morgan fingerprint density at radius 1 is 0.955 bits per heavy atom. The molecule has 3 rings (SSSR count). The minimum Gasteiger partial charge on any atom is -0.118 e. The first-order chi connectivity index (χ1) is 10.5. The van der Waals surface area contributed by atoms with Crippen LogP contribution in [0.4, 0.5) is 13.2 Å². The summed E-state index contributed by atoms with van der Waals surface area (Å²) in [6, 6.07) is 16.0. The van der Waals surface area contributed by atoms with E-state index in [0.717, 1.165) is 18.4 Å². The van der Waals surface area contributed by atoms with E-state index in [1.165, 1.54) is 0 Å². The Labute approximate surface area is 130 Å². The van der Waals surface area contributed by atoms with Gasteiger partial charge < -0.3 is 0 Å². The molecule has 0 bridgehead atoms. The number of hydrogen-bond donors (Lipinski definition) is 0. The highest BCUT2D eigenvalue weighted by Crippen LogP contribution is 2.54. The van der Waals surface area contributed by atoms with Crippen LogP contribution in [0.5, 0.6) is 0 Å². The molecule has 1 unspecified atom stereocenters. The average molecular weight is 321 g/mol. The van der Waals surface area contributed by atoms with E-state index < -0.39 is 16.0 Å². The van der Waals surface area contributed by atoms with Crippen LogP contribution >= 0.6 is 10.5 Å². The van der Waals surface area contributed by atoms with Crippen molar-refractivity contribution in [2.45, 2.75) is 25.3 Å². The van der Waals surface area contributed by atoms with E-state index in [1.807, 2.05) is 18.2 Å². The van der Waals surface area contributed by atoms with E-state index >= 15 is 0 Å². The SMILES string of the molecule is CCCc1ccc2c(c1)cc(-c1ccccc1)[s+]2C(F)(F)F. The number of fused-ring (bicyclic) bond motifs is 1. The number of halogens is 3. The Bertz CT molecular complexity index is 785. The van der Waals surface area contributed by atoms with Crippen LogP contribution in [0, 0.1) is 0 Å². The summed E-state index contributed by atoms with van der Waals surface area (Å²) in [5, 5.41) is 0.713. The van der Waals surface area contributed by atoms with Gasteiger partial charge in [-0.05, 0) is 36.2 Å². The lowest BCUT2D eigenvalue weighted by atomic mass is 10.1. The van der Waals surface area contributed by atoms with Crippen molar-refractivity contribution >= 4 is 20.6 Å². The molecule has 2 aromatic carbocycles. The van der Waals surface area contributed by atoms with Gasteiger partial charge in [0.05, 0.1) is 0 Å². The molecular formula is C18H16F3S+. The average Bonchev–Trinajstić information content (AvgIpc) is 2.87. The minimum absolute atomic E-state index is 0.372. The third kappa shape index (κ3) is 2.75. The first-order valence-electron chi connectivity index (χ1n) is 7.22. The van der Waals surface area contributed by atoms with Gasteiger partial charge in [-0.25, -0.2) is 0 Å². The fraction of sp³-hybridized carbons (Fsp3) is 0.222. The summed E-state index contributed by atoms with van der Waals surface area (Å²) in [5.41, 5.74) is -2.51. The summed E-state index contributed by atoms with van der Waals surface area (Å²) in [4.78, 5) is 0.372. The summed E-state index contributed by atoms with van der Waals surface area (Å²) >= 11 is 0. The molecule has 22 heavy (non-hydrogen) atoms. The minimum atomic E-state index is -4.25. The van der Waals surface area contributed by atoms with E-state index in [9.17, 15) is 13.2 Å². The van der Waals surface area contributed by atoms with Crippen LogP contribution in [-0.2, 0) is 11.9 Å². The van der Waals surface area contributed by atoms with Crippen LogP contribution in [-0.4, -0.2) is 0 Å². The zero-order chi connectivity index (χ0) is 15.7. The molecule has 0 spiro atoms. The predicted octanol–water partition coefficient (Wildman–Crippen LogP) is 6.68. The lowest BCUT2D eigenvalue weighted by Gasteiger charge is -2.01. The van der Waals surface area contributed by atoms with Crippen LogP contribution in [0.3, 0.4) is 0 Å². The molecule has 0 N–H and O–H groups in total. The second-order valence-corrected chi connectivity index (χ2v) is 7.20. The quantitative estimate of drug-likeness (QED) is 0.472. The lowest BCUT2D eigenvalue weighted by Crippen LogP contribution is -1.96. The van der Waals surface area contributed by atoms with Gasteiger partial charge in [-0.15, -0.1) is 13.2 Å². The van der Waals surface area contributed by atoms with Crippen molar-refractivity contribution in [1.29, 1.82) is 0 Å². The number of benzene rings is 2.